The molecule has 5 heteroatoms. The zero-order valence-corrected chi connectivity index (χ0v) is 13.2. The van der Waals surface area contributed by atoms with E-state index in [2.05, 4.69) is 37.2 Å². The highest BCUT2D eigenvalue weighted by Crippen LogP contribution is 2.33. The smallest absolute Gasteiger partial charge is 0.143 e. The molecule has 1 aliphatic carbocycles. The average molecular weight is 379 g/mol. The van der Waals surface area contributed by atoms with Crippen molar-refractivity contribution in [1.29, 1.82) is 0 Å². The Morgan fingerprint density at radius 2 is 1.89 bits per heavy atom. The largest absolute Gasteiger partial charge is 0.506 e. The molecule has 0 aromatic heterocycles. The fourth-order valence-corrected chi connectivity index (χ4v) is 3.66. The Hall–Kier alpha value is -0.100. The number of aromatic hydroxyl groups is 1. The lowest BCUT2D eigenvalue weighted by Gasteiger charge is -2.11. The molecule has 3 nitrogen and oxygen atoms in total. The Kier molecular flexibility index (Phi) is 5.06. The van der Waals surface area contributed by atoms with Gasteiger partial charge in [0.2, 0.25) is 0 Å². The fraction of sp³-hybridized carbons (Fsp3) is 0.538. The second kappa shape index (κ2) is 6.37. The molecule has 1 aromatic rings. The zero-order chi connectivity index (χ0) is 13.1. The maximum atomic E-state index is 9.62. The van der Waals surface area contributed by atoms with Crippen molar-refractivity contribution in [2.45, 2.75) is 31.9 Å². The van der Waals surface area contributed by atoms with Crippen LogP contribution in [0.5, 0.6) is 5.75 Å². The second-order valence-corrected chi connectivity index (χ2v) is 6.58. The number of nitrogens with one attached hydrogen (secondary N) is 1. The summed E-state index contributed by atoms with van der Waals surface area (Å²) in [5, 5.41) is 22.5. The molecule has 1 aromatic carbocycles. The highest BCUT2D eigenvalue weighted by molar-refractivity contribution is 9.11. The molecule has 2 atom stereocenters. The summed E-state index contributed by atoms with van der Waals surface area (Å²) in [7, 11) is 0. The predicted molar refractivity (Wildman–Crippen MR) is 78.6 cm³/mol. The molecule has 2 rings (SSSR count). The number of aliphatic hydroxyl groups is 1. The number of aliphatic hydroxyl groups excluding tert-OH is 1. The first kappa shape index (κ1) is 14.3. The molecule has 1 aliphatic rings. The summed E-state index contributed by atoms with van der Waals surface area (Å²) in [6.45, 7) is 1.71. The number of benzene rings is 1. The van der Waals surface area contributed by atoms with Crippen LogP contribution in [0.3, 0.4) is 0 Å². The molecular formula is C13H17Br2NO2. The highest BCUT2D eigenvalue weighted by atomic mass is 79.9. The van der Waals surface area contributed by atoms with Gasteiger partial charge in [0.05, 0.1) is 15.0 Å². The summed E-state index contributed by atoms with van der Waals surface area (Å²) in [5.74, 6) is 0.821. The van der Waals surface area contributed by atoms with Gasteiger partial charge in [-0.15, -0.1) is 0 Å². The molecule has 0 radical (unpaired) electrons. The first-order valence-electron chi connectivity index (χ1n) is 6.12. The van der Waals surface area contributed by atoms with Crippen molar-refractivity contribution >= 4 is 31.9 Å². The van der Waals surface area contributed by atoms with E-state index in [0.29, 0.717) is 14.9 Å². The van der Waals surface area contributed by atoms with E-state index in [4.69, 9.17) is 0 Å². The Bertz CT molecular complexity index is 402. The number of hydrogen-bond acceptors (Lipinski definition) is 3. The molecule has 0 bridgehead atoms. The van der Waals surface area contributed by atoms with Gasteiger partial charge in [0.15, 0.2) is 0 Å². The topological polar surface area (TPSA) is 52.5 Å². The van der Waals surface area contributed by atoms with Crippen LogP contribution < -0.4 is 5.32 Å². The molecule has 2 unspecified atom stereocenters. The van der Waals surface area contributed by atoms with Gasteiger partial charge in [-0.1, -0.05) is 0 Å². The first-order valence-corrected chi connectivity index (χ1v) is 7.70. The Morgan fingerprint density at radius 3 is 2.44 bits per heavy atom. The number of rotatable bonds is 4. The second-order valence-electron chi connectivity index (χ2n) is 4.87. The average Bonchev–Trinajstić information content (AvgIpc) is 2.72. The van der Waals surface area contributed by atoms with Gasteiger partial charge in [0.25, 0.3) is 0 Å². The van der Waals surface area contributed by atoms with Crippen LogP contribution in [-0.4, -0.2) is 22.9 Å². The van der Waals surface area contributed by atoms with Gasteiger partial charge in [-0.2, -0.15) is 0 Å². The molecule has 0 heterocycles. The summed E-state index contributed by atoms with van der Waals surface area (Å²) in [6.07, 6.45) is 2.85. The van der Waals surface area contributed by atoms with Crippen molar-refractivity contribution in [3.8, 4) is 5.75 Å². The van der Waals surface area contributed by atoms with Gasteiger partial charge in [0.1, 0.15) is 5.75 Å². The van der Waals surface area contributed by atoms with Gasteiger partial charge in [0, 0.05) is 6.54 Å². The minimum absolute atomic E-state index is 0.103. The number of phenolic OH excluding ortho intramolecular Hbond substituents is 1. The summed E-state index contributed by atoms with van der Waals surface area (Å²) in [5.41, 5.74) is 1.12. The van der Waals surface area contributed by atoms with E-state index in [1.165, 1.54) is 0 Å². The molecular weight excluding hydrogens is 362 g/mol. The quantitative estimate of drug-likeness (QED) is 0.754. The molecule has 1 saturated carbocycles. The highest BCUT2D eigenvalue weighted by Gasteiger charge is 2.22. The zero-order valence-electron chi connectivity index (χ0n) is 10.00. The molecule has 1 fully saturated rings. The molecule has 3 N–H and O–H groups in total. The van der Waals surface area contributed by atoms with Crippen LogP contribution in [0.15, 0.2) is 21.1 Å². The standard InChI is InChI=1S/C13H17Br2NO2/c14-11-4-9(5-12(15)13(11)18)7-16-6-8-1-2-10(17)3-8/h4-5,8,10,16-18H,1-3,6-7H2. The minimum Gasteiger partial charge on any atom is -0.506 e. The lowest BCUT2D eigenvalue weighted by molar-refractivity contribution is 0.177. The molecule has 0 saturated heterocycles. The van der Waals surface area contributed by atoms with E-state index < -0.39 is 0 Å². The van der Waals surface area contributed by atoms with Crippen LogP contribution >= 0.6 is 31.9 Å². The lowest BCUT2D eigenvalue weighted by Crippen LogP contribution is -2.21. The van der Waals surface area contributed by atoms with Gasteiger partial charge >= 0.3 is 0 Å². The number of phenols is 1. The maximum absolute atomic E-state index is 9.62. The third-order valence-electron chi connectivity index (χ3n) is 3.35. The fourth-order valence-electron chi connectivity index (χ4n) is 2.37. The molecule has 18 heavy (non-hydrogen) atoms. The maximum Gasteiger partial charge on any atom is 0.143 e. The van der Waals surface area contributed by atoms with Crippen molar-refractivity contribution in [2.24, 2.45) is 5.92 Å². The molecule has 0 spiro atoms. The Balaban J connectivity index is 1.83. The van der Waals surface area contributed by atoms with Gasteiger partial charge in [-0.3, -0.25) is 0 Å². The molecule has 0 amide bonds. The van der Waals surface area contributed by atoms with Crippen molar-refractivity contribution in [2.75, 3.05) is 6.54 Å². The number of halogens is 2. The Morgan fingerprint density at radius 1 is 1.22 bits per heavy atom. The van der Waals surface area contributed by atoms with Gasteiger partial charge < -0.3 is 15.5 Å². The van der Waals surface area contributed by atoms with Crippen molar-refractivity contribution in [3.63, 3.8) is 0 Å². The molecule has 0 aliphatic heterocycles. The van der Waals surface area contributed by atoms with Crippen LogP contribution in [0.2, 0.25) is 0 Å². The van der Waals surface area contributed by atoms with Crippen LogP contribution in [0.1, 0.15) is 24.8 Å². The van der Waals surface area contributed by atoms with Crippen LogP contribution in [0, 0.1) is 5.92 Å². The summed E-state index contributed by atoms with van der Waals surface area (Å²) < 4.78 is 1.40. The summed E-state index contributed by atoms with van der Waals surface area (Å²) in [6, 6.07) is 3.83. The van der Waals surface area contributed by atoms with E-state index in [1.54, 1.807) is 0 Å². The first-order chi connectivity index (χ1) is 8.56. The summed E-state index contributed by atoms with van der Waals surface area (Å²) in [4.78, 5) is 0. The van der Waals surface area contributed by atoms with Crippen molar-refractivity contribution in [3.05, 3.63) is 26.6 Å². The third-order valence-corrected chi connectivity index (χ3v) is 4.56. The lowest BCUT2D eigenvalue weighted by atomic mass is 10.1. The normalized spacial score (nSPS) is 23.5. The van der Waals surface area contributed by atoms with Gasteiger partial charge in [-0.05, 0) is 81.3 Å². The van der Waals surface area contributed by atoms with Crippen molar-refractivity contribution < 1.29 is 10.2 Å². The van der Waals surface area contributed by atoms with E-state index in [1.807, 2.05) is 12.1 Å². The van der Waals surface area contributed by atoms with E-state index in [-0.39, 0.29) is 11.9 Å². The van der Waals surface area contributed by atoms with Crippen LogP contribution in [0.4, 0.5) is 0 Å². The van der Waals surface area contributed by atoms with E-state index >= 15 is 0 Å². The predicted octanol–water partition coefficient (Wildman–Crippen LogP) is 3.17. The molecule has 100 valence electrons. The number of hydrogen-bond donors (Lipinski definition) is 3. The summed E-state index contributed by atoms with van der Waals surface area (Å²) >= 11 is 6.64. The van der Waals surface area contributed by atoms with Crippen molar-refractivity contribution in [1.82, 2.24) is 5.32 Å². The van der Waals surface area contributed by atoms with Gasteiger partial charge in [-0.25, -0.2) is 0 Å². The third kappa shape index (κ3) is 3.70. The van der Waals surface area contributed by atoms with Crippen LogP contribution in [-0.2, 0) is 6.54 Å². The Labute approximate surface area is 124 Å². The van der Waals surface area contributed by atoms with E-state index in [9.17, 15) is 10.2 Å². The van der Waals surface area contributed by atoms with Crippen LogP contribution in [0.25, 0.3) is 0 Å². The monoisotopic (exact) mass is 377 g/mol. The SMILES string of the molecule is Oc1c(Br)cc(CNCC2CCC(O)C2)cc1Br. The van der Waals surface area contributed by atoms with E-state index in [0.717, 1.165) is 37.9 Å². The minimum atomic E-state index is -0.103.